The van der Waals surface area contributed by atoms with Crippen molar-refractivity contribution in [3.8, 4) is 0 Å². The van der Waals surface area contributed by atoms with Gasteiger partial charge in [0.2, 0.25) is 10.0 Å². The highest BCUT2D eigenvalue weighted by Gasteiger charge is 2.18. The SMILES string of the molecule is CCCC(C)NS(=O)(=O)c1ccc(CO)s1. The van der Waals surface area contributed by atoms with Gasteiger partial charge >= 0.3 is 0 Å². The smallest absolute Gasteiger partial charge is 0.250 e. The molecule has 0 fully saturated rings. The second-order valence-corrected chi connectivity index (χ2v) is 6.80. The number of aliphatic hydroxyl groups is 1. The third-order valence-electron chi connectivity index (χ3n) is 2.14. The van der Waals surface area contributed by atoms with Gasteiger partial charge in [0.1, 0.15) is 4.21 Å². The minimum atomic E-state index is -3.41. The van der Waals surface area contributed by atoms with E-state index in [0.717, 1.165) is 24.2 Å². The van der Waals surface area contributed by atoms with Crippen LogP contribution in [0.4, 0.5) is 0 Å². The first-order valence-corrected chi connectivity index (χ1v) is 7.51. The van der Waals surface area contributed by atoms with Gasteiger partial charge < -0.3 is 5.11 Å². The average molecular weight is 263 g/mol. The maximum atomic E-state index is 11.9. The Kier molecular flexibility index (Phi) is 4.91. The summed E-state index contributed by atoms with van der Waals surface area (Å²) in [6.07, 6.45) is 1.76. The van der Waals surface area contributed by atoms with Gasteiger partial charge in [-0.15, -0.1) is 11.3 Å². The van der Waals surface area contributed by atoms with E-state index in [9.17, 15) is 8.42 Å². The van der Waals surface area contributed by atoms with Crippen molar-refractivity contribution in [1.29, 1.82) is 0 Å². The highest BCUT2D eigenvalue weighted by atomic mass is 32.2. The fourth-order valence-corrected chi connectivity index (χ4v) is 3.91. The molecule has 1 aromatic rings. The number of sulfonamides is 1. The molecule has 0 saturated carbocycles. The molecule has 0 bridgehead atoms. The van der Waals surface area contributed by atoms with Crippen LogP contribution < -0.4 is 4.72 Å². The van der Waals surface area contributed by atoms with E-state index < -0.39 is 10.0 Å². The largest absolute Gasteiger partial charge is 0.391 e. The van der Waals surface area contributed by atoms with Gasteiger partial charge in [-0.25, -0.2) is 13.1 Å². The number of aliphatic hydroxyl groups excluding tert-OH is 1. The quantitative estimate of drug-likeness (QED) is 0.821. The van der Waals surface area contributed by atoms with Crippen LogP contribution in [0.1, 0.15) is 31.6 Å². The molecule has 92 valence electrons. The van der Waals surface area contributed by atoms with Crippen LogP contribution in [0, 0.1) is 0 Å². The van der Waals surface area contributed by atoms with Crippen LogP contribution in [0.3, 0.4) is 0 Å². The Balaban J connectivity index is 2.77. The van der Waals surface area contributed by atoms with Gasteiger partial charge in [0.25, 0.3) is 0 Å². The summed E-state index contributed by atoms with van der Waals surface area (Å²) in [5, 5.41) is 8.88. The van der Waals surface area contributed by atoms with Crippen LogP contribution in [0.2, 0.25) is 0 Å². The van der Waals surface area contributed by atoms with Gasteiger partial charge in [0, 0.05) is 10.9 Å². The third-order valence-corrected chi connectivity index (χ3v) is 5.29. The third kappa shape index (κ3) is 3.55. The Labute approximate surface area is 100 Å². The molecule has 16 heavy (non-hydrogen) atoms. The lowest BCUT2D eigenvalue weighted by atomic mass is 10.2. The standard InChI is InChI=1S/C10H17NO3S2/c1-3-4-8(2)11-16(13,14)10-6-5-9(7-12)15-10/h5-6,8,11-12H,3-4,7H2,1-2H3. The number of thiophene rings is 1. The Morgan fingerprint density at radius 3 is 2.69 bits per heavy atom. The molecule has 6 heteroatoms. The number of nitrogens with one attached hydrogen (secondary N) is 1. The molecule has 1 rings (SSSR count). The predicted octanol–water partition coefficient (Wildman–Crippen LogP) is 1.71. The Hall–Kier alpha value is -0.430. The van der Waals surface area contributed by atoms with Crippen LogP contribution in [0.15, 0.2) is 16.3 Å². The van der Waals surface area contributed by atoms with Gasteiger partial charge in [0.15, 0.2) is 0 Å². The molecule has 4 nitrogen and oxygen atoms in total. The van der Waals surface area contributed by atoms with Crippen molar-refractivity contribution in [2.24, 2.45) is 0 Å². The summed E-state index contributed by atoms with van der Waals surface area (Å²) in [5.41, 5.74) is 0. The molecule has 1 aromatic heterocycles. The second-order valence-electron chi connectivity index (χ2n) is 3.69. The lowest BCUT2D eigenvalue weighted by molar-refractivity contribution is 0.285. The molecule has 0 aromatic carbocycles. The molecule has 0 spiro atoms. The second kappa shape index (κ2) is 5.77. The molecular weight excluding hydrogens is 246 g/mol. The van der Waals surface area contributed by atoms with Crippen molar-refractivity contribution in [2.45, 2.75) is 43.5 Å². The van der Waals surface area contributed by atoms with Crippen LogP contribution in [-0.2, 0) is 16.6 Å². The molecule has 1 heterocycles. The molecule has 0 saturated heterocycles. The molecule has 0 radical (unpaired) electrons. The monoisotopic (exact) mass is 263 g/mol. The fraction of sp³-hybridized carbons (Fsp3) is 0.600. The van der Waals surface area contributed by atoms with Crippen molar-refractivity contribution in [3.05, 3.63) is 17.0 Å². The summed E-state index contributed by atoms with van der Waals surface area (Å²) >= 11 is 1.10. The Bertz CT molecular complexity index is 425. The van der Waals surface area contributed by atoms with E-state index >= 15 is 0 Å². The Morgan fingerprint density at radius 1 is 1.50 bits per heavy atom. The van der Waals surface area contributed by atoms with Crippen molar-refractivity contribution in [1.82, 2.24) is 4.72 Å². The van der Waals surface area contributed by atoms with Crippen LogP contribution in [-0.4, -0.2) is 19.6 Å². The van der Waals surface area contributed by atoms with E-state index in [4.69, 9.17) is 5.11 Å². The summed E-state index contributed by atoms with van der Waals surface area (Å²) in [4.78, 5) is 0.656. The number of rotatable bonds is 6. The van der Waals surface area contributed by atoms with Crippen LogP contribution >= 0.6 is 11.3 Å². The first kappa shape index (κ1) is 13.6. The topological polar surface area (TPSA) is 66.4 Å². The van der Waals surface area contributed by atoms with E-state index in [0.29, 0.717) is 4.88 Å². The highest BCUT2D eigenvalue weighted by Crippen LogP contribution is 2.21. The van der Waals surface area contributed by atoms with E-state index in [1.807, 2.05) is 13.8 Å². The molecule has 0 amide bonds. The fourth-order valence-electron chi connectivity index (χ4n) is 1.40. The van der Waals surface area contributed by atoms with Gasteiger partial charge in [-0.3, -0.25) is 0 Å². The lowest BCUT2D eigenvalue weighted by Gasteiger charge is -2.11. The number of hydrogen-bond acceptors (Lipinski definition) is 4. The molecule has 0 aliphatic heterocycles. The molecule has 2 N–H and O–H groups in total. The zero-order chi connectivity index (χ0) is 12.2. The minimum Gasteiger partial charge on any atom is -0.391 e. The maximum Gasteiger partial charge on any atom is 0.250 e. The van der Waals surface area contributed by atoms with Gasteiger partial charge in [0.05, 0.1) is 6.61 Å². The van der Waals surface area contributed by atoms with E-state index in [1.54, 1.807) is 6.07 Å². The zero-order valence-corrected chi connectivity index (χ0v) is 11.1. The van der Waals surface area contributed by atoms with Crippen molar-refractivity contribution in [3.63, 3.8) is 0 Å². The maximum absolute atomic E-state index is 11.9. The molecule has 0 aliphatic carbocycles. The minimum absolute atomic E-state index is 0.0605. The van der Waals surface area contributed by atoms with Gasteiger partial charge in [-0.2, -0.15) is 0 Å². The Morgan fingerprint density at radius 2 is 2.19 bits per heavy atom. The van der Waals surface area contributed by atoms with E-state index in [2.05, 4.69) is 4.72 Å². The van der Waals surface area contributed by atoms with Crippen molar-refractivity contribution >= 4 is 21.4 Å². The molecule has 1 atom stereocenters. The summed E-state index contributed by atoms with van der Waals surface area (Å²) in [6.45, 7) is 3.74. The number of hydrogen-bond donors (Lipinski definition) is 2. The van der Waals surface area contributed by atoms with E-state index in [-0.39, 0.29) is 16.9 Å². The summed E-state index contributed by atoms with van der Waals surface area (Å²) in [6, 6.07) is 3.09. The van der Waals surface area contributed by atoms with Crippen molar-refractivity contribution in [2.75, 3.05) is 0 Å². The van der Waals surface area contributed by atoms with Gasteiger partial charge in [-0.1, -0.05) is 13.3 Å². The van der Waals surface area contributed by atoms with Crippen LogP contribution in [0.5, 0.6) is 0 Å². The zero-order valence-electron chi connectivity index (χ0n) is 9.43. The normalized spacial score (nSPS) is 13.9. The summed E-state index contributed by atoms with van der Waals surface area (Å²) in [7, 11) is -3.41. The lowest BCUT2D eigenvalue weighted by Crippen LogP contribution is -2.31. The first-order valence-electron chi connectivity index (χ1n) is 5.21. The highest BCUT2D eigenvalue weighted by molar-refractivity contribution is 7.91. The first-order chi connectivity index (χ1) is 7.49. The van der Waals surface area contributed by atoms with E-state index in [1.165, 1.54) is 6.07 Å². The van der Waals surface area contributed by atoms with Crippen LogP contribution in [0.25, 0.3) is 0 Å². The van der Waals surface area contributed by atoms with Gasteiger partial charge in [-0.05, 0) is 25.5 Å². The summed E-state index contributed by atoms with van der Waals surface area (Å²) < 4.78 is 26.6. The molecule has 0 aliphatic rings. The molecular formula is C10H17NO3S2. The molecule has 1 unspecified atom stereocenters. The summed E-state index contributed by atoms with van der Waals surface area (Å²) in [5.74, 6) is 0. The predicted molar refractivity (Wildman–Crippen MR) is 64.9 cm³/mol. The average Bonchev–Trinajstić information content (AvgIpc) is 2.65. The van der Waals surface area contributed by atoms with Crippen molar-refractivity contribution < 1.29 is 13.5 Å².